The normalized spacial score (nSPS) is 11.3. The zero-order valence-corrected chi connectivity index (χ0v) is 11.5. The number of benzene rings is 1. The van der Waals surface area contributed by atoms with E-state index in [0.29, 0.717) is 25.8 Å². The predicted octanol–water partition coefficient (Wildman–Crippen LogP) is 1.63. The van der Waals surface area contributed by atoms with Crippen molar-refractivity contribution in [1.29, 1.82) is 0 Å². The summed E-state index contributed by atoms with van der Waals surface area (Å²) in [5, 5.41) is 14.0. The Balaban J connectivity index is 2.23. The largest absolute Gasteiger partial charge is 0.409 e. The van der Waals surface area contributed by atoms with Gasteiger partial charge in [-0.1, -0.05) is 33.2 Å². The lowest BCUT2D eigenvalue weighted by atomic mass is 10.1. The summed E-state index contributed by atoms with van der Waals surface area (Å²) in [6.45, 7) is 0.519. The molecule has 1 aromatic rings. The summed E-state index contributed by atoms with van der Waals surface area (Å²) < 4.78 is 0.991. The summed E-state index contributed by atoms with van der Waals surface area (Å²) in [5.41, 5.74) is 6.28. The molecule has 0 bridgehead atoms. The molecule has 0 aliphatic carbocycles. The van der Waals surface area contributed by atoms with Gasteiger partial charge in [0.1, 0.15) is 5.84 Å². The smallest absolute Gasteiger partial charge is 0.224 e. The molecule has 0 aliphatic rings. The Kier molecular flexibility index (Phi) is 6.21. The number of rotatable bonds is 6. The van der Waals surface area contributed by atoms with Crippen LogP contribution in [0.15, 0.2) is 33.9 Å². The van der Waals surface area contributed by atoms with Crippen molar-refractivity contribution < 1.29 is 10.0 Å². The summed E-state index contributed by atoms with van der Waals surface area (Å²) in [5.74, 6) is 0.147. The van der Waals surface area contributed by atoms with E-state index in [1.165, 1.54) is 0 Å². The summed E-state index contributed by atoms with van der Waals surface area (Å²) in [4.78, 5) is 11.6. The number of oxime groups is 1. The molecular weight excluding hydrogens is 298 g/mol. The molecule has 1 amide bonds. The van der Waals surface area contributed by atoms with Crippen LogP contribution < -0.4 is 11.1 Å². The van der Waals surface area contributed by atoms with Crippen molar-refractivity contribution in [3.63, 3.8) is 0 Å². The summed E-state index contributed by atoms with van der Waals surface area (Å²) in [7, 11) is 0. The number of hydrogen-bond donors (Lipinski definition) is 3. The van der Waals surface area contributed by atoms with Gasteiger partial charge in [0, 0.05) is 17.4 Å². The molecule has 6 heteroatoms. The van der Waals surface area contributed by atoms with E-state index in [0.717, 1.165) is 10.0 Å². The first-order valence-corrected chi connectivity index (χ1v) is 6.38. The zero-order chi connectivity index (χ0) is 13.4. The van der Waals surface area contributed by atoms with E-state index in [1.54, 1.807) is 0 Å². The maximum atomic E-state index is 11.6. The number of nitrogens with zero attached hydrogens (tertiary/aromatic N) is 1. The Bertz CT molecular complexity index is 418. The van der Waals surface area contributed by atoms with Gasteiger partial charge in [-0.15, -0.1) is 0 Å². The number of amides is 1. The highest BCUT2D eigenvalue weighted by atomic mass is 79.9. The fourth-order valence-corrected chi connectivity index (χ4v) is 1.66. The SMILES string of the molecule is NC(CCCNC(=O)Cc1ccc(Br)cc1)=NO. The minimum atomic E-state index is -0.0307. The van der Waals surface area contributed by atoms with Crippen molar-refractivity contribution in [1.82, 2.24) is 5.32 Å². The van der Waals surface area contributed by atoms with Crippen LogP contribution in [-0.4, -0.2) is 23.5 Å². The molecule has 4 N–H and O–H groups in total. The molecule has 98 valence electrons. The molecular formula is C12H16BrN3O2. The standard InChI is InChI=1S/C12H16BrN3O2/c13-10-5-3-9(4-6-10)8-12(17)15-7-1-2-11(14)16-18/h3-6,18H,1-2,7-8H2,(H2,14,16)(H,15,17). The van der Waals surface area contributed by atoms with Crippen LogP contribution in [0.4, 0.5) is 0 Å². The number of carbonyl (C=O) groups excluding carboxylic acids is 1. The molecule has 0 fully saturated rings. The van der Waals surface area contributed by atoms with Crippen LogP contribution in [-0.2, 0) is 11.2 Å². The zero-order valence-electron chi connectivity index (χ0n) is 9.90. The summed E-state index contributed by atoms with van der Waals surface area (Å²) in [6, 6.07) is 7.61. The average molecular weight is 314 g/mol. The number of carbonyl (C=O) groups is 1. The van der Waals surface area contributed by atoms with Crippen LogP contribution in [0.25, 0.3) is 0 Å². The Morgan fingerprint density at radius 2 is 2.06 bits per heavy atom. The second kappa shape index (κ2) is 7.71. The highest BCUT2D eigenvalue weighted by molar-refractivity contribution is 9.10. The van der Waals surface area contributed by atoms with Crippen molar-refractivity contribution in [2.75, 3.05) is 6.54 Å². The first-order chi connectivity index (χ1) is 8.61. The van der Waals surface area contributed by atoms with E-state index < -0.39 is 0 Å². The fraction of sp³-hybridized carbons (Fsp3) is 0.333. The van der Waals surface area contributed by atoms with E-state index >= 15 is 0 Å². The van der Waals surface area contributed by atoms with Crippen LogP contribution in [0.3, 0.4) is 0 Å². The van der Waals surface area contributed by atoms with Crippen molar-refractivity contribution in [2.24, 2.45) is 10.9 Å². The topological polar surface area (TPSA) is 87.7 Å². The van der Waals surface area contributed by atoms with E-state index in [1.807, 2.05) is 24.3 Å². The van der Waals surface area contributed by atoms with Gasteiger partial charge in [0.2, 0.25) is 5.91 Å². The minimum absolute atomic E-state index is 0.0307. The van der Waals surface area contributed by atoms with Gasteiger partial charge in [0.15, 0.2) is 0 Å². The predicted molar refractivity (Wildman–Crippen MR) is 73.5 cm³/mol. The summed E-state index contributed by atoms with van der Waals surface area (Å²) in [6.07, 6.45) is 1.48. The first-order valence-electron chi connectivity index (χ1n) is 5.59. The van der Waals surface area contributed by atoms with Crippen LogP contribution in [0.1, 0.15) is 18.4 Å². The molecule has 0 heterocycles. The van der Waals surface area contributed by atoms with Crippen molar-refractivity contribution in [3.05, 3.63) is 34.3 Å². The van der Waals surface area contributed by atoms with Crippen LogP contribution >= 0.6 is 15.9 Å². The molecule has 1 rings (SSSR count). The lowest BCUT2D eigenvalue weighted by Crippen LogP contribution is -2.27. The molecule has 0 atom stereocenters. The van der Waals surface area contributed by atoms with Crippen LogP contribution in [0, 0.1) is 0 Å². The summed E-state index contributed by atoms with van der Waals surface area (Å²) >= 11 is 3.34. The van der Waals surface area contributed by atoms with E-state index in [-0.39, 0.29) is 11.7 Å². The first kappa shape index (κ1) is 14.5. The Labute approximate surface area is 114 Å². The Morgan fingerprint density at radius 3 is 2.67 bits per heavy atom. The minimum Gasteiger partial charge on any atom is -0.409 e. The van der Waals surface area contributed by atoms with Crippen molar-refractivity contribution >= 4 is 27.7 Å². The van der Waals surface area contributed by atoms with E-state index in [9.17, 15) is 4.79 Å². The van der Waals surface area contributed by atoms with Crippen molar-refractivity contribution in [3.8, 4) is 0 Å². The van der Waals surface area contributed by atoms with Crippen LogP contribution in [0.5, 0.6) is 0 Å². The number of hydrogen-bond acceptors (Lipinski definition) is 3. The fourth-order valence-electron chi connectivity index (χ4n) is 1.40. The lowest BCUT2D eigenvalue weighted by Gasteiger charge is -2.05. The molecule has 0 spiro atoms. The average Bonchev–Trinajstić information content (AvgIpc) is 2.37. The number of nitrogens with two attached hydrogens (primary N) is 1. The molecule has 0 saturated carbocycles. The van der Waals surface area contributed by atoms with Crippen molar-refractivity contribution in [2.45, 2.75) is 19.3 Å². The quantitative estimate of drug-likeness (QED) is 0.245. The maximum absolute atomic E-state index is 11.6. The molecule has 5 nitrogen and oxygen atoms in total. The Hall–Kier alpha value is -1.56. The van der Waals surface area contributed by atoms with Crippen LogP contribution in [0.2, 0.25) is 0 Å². The highest BCUT2D eigenvalue weighted by Crippen LogP contribution is 2.10. The third kappa shape index (κ3) is 5.67. The molecule has 0 unspecified atom stereocenters. The molecule has 1 aromatic carbocycles. The molecule has 0 aliphatic heterocycles. The van der Waals surface area contributed by atoms with Gasteiger partial charge in [0.25, 0.3) is 0 Å². The number of halogens is 1. The van der Waals surface area contributed by atoms with Gasteiger partial charge >= 0.3 is 0 Å². The number of nitrogens with one attached hydrogen (secondary N) is 1. The van der Waals surface area contributed by atoms with Gasteiger partial charge in [-0.05, 0) is 24.1 Å². The molecule has 0 radical (unpaired) electrons. The van der Waals surface area contributed by atoms with Gasteiger partial charge < -0.3 is 16.3 Å². The van der Waals surface area contributed by atoms with Gasteiger partial charge in [-0.3, -0.25) is 4.79 Å². The van der Waals surface area contributed by atoms with E-state index in [4.69, 9.17) is 10.9 Å². The van der Waals surface area contributed by atoms with Gasteiger partial charge in [-0.25, -0.2) is 0 Å². The second-order valence-electron chi connectivity index (χ2n) is 3.85. The molecule has 0 aromatic heterocycles. The maximum Gasteiger partial charge on any atom is 0.224 e. The molecule has 18 heavy (non-hydrogen) atoms. The highest BCUT2D eigenvalue weighted by Gasteiger charge is 2.02. The molecule has 0 saturated heterocycles. The monoisotopic (exact) mass is 313 g/mol. The Morgan fingerprint density at radius 1 is 1.39 bits per heavy atom. The van der Waals surface area contributed by atoms with Gasteiger partial charge in [0.05, 0.1) is 6.42 Å². The van der Waals surface area contributed by atoms with E-state index in [2.05, 4.69) is 26.4 Å². The lowest BCUT2D eigenvalue weighted by molar-refractivity contribution is -0.120. The number of amidine groups is 1. The third-order valence-electron chi connectivity index (χ3n) is 2.34. The third-order valence-corrected chi connectivity index (χ3v) is 2.87. The second-order valence-corrected chi connectivity index (χ2v) is 4.76. The van der Waals surface area contributed by atoms with Gasteiger partial charge in [-0.2, -0.15) is 0 Å².